The van der Waals surface area contributed by atoms with Crippen molar-refractivity contribution in [1.29, 1.82) is 5.41 Å². The SMILES string of the molecule is N=C(/C=C\O)NC[C@H]1CN(c2cc(F)c(N3CC4(COC4)C3)c(F)c2)C(=O)O1. The standard InChI is InChI=1S/C18H20F2N4O4/c19-13-3-11(4-14(20)16(13)23-7-18(8-23)9-27-10-18)24-6-12(28-17(24)26)5-22-15(21)1-2-25/h1-4,12,25H,5-10H2,(H2,21,22)/b2-1-/t12-/m0/s1. The Morgan fingerprint density at radius 3 is 2.61 bits per heavy atom. The van der Waals surface area contributed by atoms with Crippen LogP contribution in [0.1, 0.15) is 0 Å². The number of amides is 1. The molecule has 8 nitrogen and oxygen atoms in total. The van der Waals surface area contributed by atoms with Gasteiger partial charge in [-0.25, -0.2) is 13.6 Å². The number of rotatable bonds is 5. The summed E-state index contributed by atoms with van der Waals surface area (Å²) in [6.07, 6.45) is 0.540. The van der Waals surface area contributed by atoms with E-state index >= 15 is 0 Å². The van der Waals surface area contributed by atoms with Crippen LogP contribution in [0.25, 0.3) is 0 Å². The van der Waals surface area contributed by atoms with Crippen LogP contribution in [0.5, 0.6) is 0 Å². The topological polar surface area (TPSA) is 98.1 Å². The van der Waals surface area contributed by atoms with Crippen LogP contribution in [0.3, 0.4) is 0 Å². The lowest BCUT2D eigenvalue weighted by Gasteiger charge is -2.56. The van der Waals surface area contributed by atoms with Crippen molar-refractivity contribution in [2.45, 2.75) is 6.10 Å². The summed E-state index contributed by atoms with van der Waals surface area (Å²) in [6, 6.07) is 2.27. The van der Waals surface area contributed by atoms with Crippen molar-refractivity contribution < 1.29 is 28.2 Å². The minimum atomic E-state index is -0.727. The Morgan fingerprint density at radius 2 is 2.04 bits per heavy atom. The number of nitrogens with one attached hydrogen (secondary N) is 2. The molecular weight excluding hydrogens is 374 g/mol. The highest BCUT2D eigenvalue weighted by molar-refractivity contribution is 5.91. The first-order valence-corrected chi connectivity index (χ1v) is 8.84. The number of cyclic esters (lactones) is 1. The third-order valence-electron chi connectivity index (χ3n) is 5.13. The Bertz CT molecular complexity index is 812. The van der Waals surface area contributed by atoms with Crippen molar-refractivity contribution in [3.8, 4) is 0 Å². The van der Waals surface area contributed by atoms with Crippen LogP contribution in [0.15, 0.2) is 24.5 Å². The van der Waals surface area contributed by atoms with Crippen molar-refractivity contribution in [3.63, 3.8) is 0 Å². The number of ether oxygens (including phenoxy) is 2. The summed E-state index contributed by atoms with van der Waals surface area (Å²) in [5.41, 5.74) is 0.0187. The molecule has 3 heterocycles. The van der Waals surface area contributed by atoms with Crippen LogP contribution in [-0.2, 0) is 9.47 Å². The van der Waals surface area contributed by atoms with E-state index in [1.54, 1.807) is 4.90 Å². The molecule has 1 aromatic carbocycles. The zero-order valence-corrected chi connectivity index (χ0v) is 15.0. The molecule has 3 N–H and O–H groups in total. The summed E-state index contributed by atoms with van der Waals surface area (Å²) >= 11 is 0. The molecular formula is C18H20F2N4O4. The maximum Gasteiger partial charge on any atom is 0.414 e. The molecule has 1 aromatic rings. The summed E-state index contributed by atoms with van der Waals surface area (Å²) in [6.45, 7) is 2.55. The van der Waals surface area contributed by atoms with Crippen molar-refractivity contribution >= 4 is 23.3 Å². The number of hydrogen-bond donors (Lipinski definition) is 3. The Balaban J connectivity index is 1.43. The molecule has 0 saturated carbocycles. The zero-order valence-electron chi connectivity index (χ0n) is 15.0. The van der Waals surface area contributed by atoms with E-state index in [1.165, 1.54) is 0 Å². The van der Waals surface area contributed by atoms with E-state index in [2.05, 4.69) is 5.32 Å². The van der Waals surface area contributed by atoms with E-state index in [1.807, 2.05) is 0 Å². The van der Waals surface area contributed by atoms with E-state index < -0.39 is 23.8 Å². The van der Waals surface area contributed by atoms with Gasteiger partial charge in [0, 0.05) is 31.3 Å². The predicted molar refractivity (Wildman–Crippen MR) is 96.9 cm³/mol. The molecule has 0 bridgehead atoms. The number of aliphatic hydroxyl groups excluding tert-OH is 1. The highest BCUT2D eigenvalue weighted by Gasteiger charge is 2.50. The third-order valence-corrected chi connectivity index (χ3v) is 5.13. The monoisotopic (exact) mass is 394 g/mol. The number of benzene rings is 1. The van der Waals surface area contributed by atoms with E-state index in [0.29, 0.717) is 32.6 Å². The minimum absolute atomic E-state index is 0.0233. The van der Waals surface area contributed by atoms with E-state index in [0.717, 1.165) is 23.1 Å². The van der Waals surface area contributed by atoms with Crippen LogP contribution >= 0.6 is 0 Å². The number of aliphatic hydroxyl groups is 1. The smallest absolute Gasteiger partial charge is 0.414 e. The van der Waals surface area contributed by atoms with Gasteiger partial charge in [0.15, 0.2) is 11.6 Å². The Labute approximate surface area is 159 Å². The molecule has 150 valence electrons. The average molecular weight is 394 g/mol. The number of hydrogen-bond acceptors (Lipinski definition) is 6. The fourth-order valence-electron chi connectivity index (χ4n) is 3.70. The van der Waals surface area contributed by atoms with Crippen LogP contribution in [0.2, 0.25) is 0 Å². The molecule has 0 aliphatic carbocycles. The Hall–Kier alpha value is -2.88. The number of anilines is 2. The van der Waals surface area contributed by atoms with Crippen LogP contribution in [0.4, 0.5) is 25.0 Å². The van der Waals surface area contributed by atoms with Crippen LogP contribution in [-0.4, -0.2) is 62.5 Å². The summed E-state index contributed by atoms with van der Waals surface area (Å²) in [5, 5.41) is 18.8. The summed E-state index contributed by atoms with van der Waals surface area (Å²) < 4.78 is 39.6. The molecule has 0 aromatic heterocycles. The van der Waals surface area contributed by atoms with Gasteiger partial charge in [-0.05, 0) is 0 Å². The molecule has 0 unspecified atom stereocenters. The molecule has 10 heteroatoms. The largest absolute Gasteiger partial charge is 0.515 e. The molecule has 3 saturated heterocycles. The summed E-state index contributed by atoms with van der Waals surface area (Å²) in [7, 11) is 0. The molecule has 1 amide bonds. The zero-order chi connectivity index (χ0) is 19.9. The van der Waals surface area contributed by atoms with Crippen LogP contribution in [0, 0.1) is 22.5 Å². The molecule has 3 aliphatic heterocycles. The van der Waals surface area contributed by atoms with Crippen molar-refractivity contribution in [2.24, 2.45) is 5.41 Å². The number of carbonyl (C=O) groups is 1. The van der Waals surface area contributed by atoms with Gasteiger partial charge in [-0.3, -0.25) is 10.3 Å². The molecule has 3 fully saturated rings. The van der Waals surface area contributed by atoms with E-state index in [-0.39, 0.29) is 35.7 Å². The maximum absolute atomic E-state index is 14.6. The van der Waals surface area contributed by atoms with Crippen LogP contribution < -0.4 is 15.1 Å². The molecule has 28 heavy (non-hydrogen) atoms. The summed E-state index contributed by atoms with van der Waals surface area (Å²) in [5.74, 6) is -1.51. The number of carbonyl (C=O) groups excluding carboxylic acids is 1. The van der Waals surface area contributed by atoms with Gasteiger partial charge in [-0.2, -0.15) is 0 Å². The van der Waals surface area contributed by atoms with Crippen molar-refractivity contribution in [1.82, 2.24) is 5.32 Å². The quantitative estimate of drug-likeness (QED) is 0.400. The van der Waals surface area contributed by atoms with Crippen molar-refractivity contribution in [3.05, 3.63) is 36.1 Å². The fourth-order valence-corrected chi connectivity index (χ4v) is 3.70. The molecule has 1 spiro atoms. The number of halogens is 2. The number of amidine groups is 1. The predicted octanol–water partition coefficient (Wildman–Crippen LogP) is 1.77. The second-order valence-corrected chi connectivity index (χ2v) is 7.33. The first kappa shape index (κ1) is 18.5. The van der Waals surface area contributed by atoms with Gasteiger partial charge < -0.3 is 24.8 Å². The lowest BCUT2D eigenvalue weighted by molar-refractivity contribution is -0.127. The first-order chi connectivity index (χ1) is 13.4. The normalized spacial score (nSPS) is 22.9. The van der Waals surface area contributed by atoms with Gasteiger partial charge >= 0.3 is 6.09 Å². The second-order valence-electron chi connectivity index (χ2n) is 7.33. The van der Waals surface area contributed by atoms with Gasteiger partial charge in [0.25, 0.3) is 0 Å². The molecule has 4 rings (SSSR count). The van der Waals surface area contributed by atoms with Crippen molar-refractivity contribution in [2.75, 3.05) is 49.2 Å². The summed E-state index contributed by atoms with van der Waals surface area (Å²) in [4.78, 5) is 14.9. The lowest BCUT2D eigenvalue weighted by Crippen LogP contribution is -2.66. The third kappa shape index (κ3) is 3.24. The molecule has 3 aliphatic rings. The van der Waals surface area contributed by atoms with Gasteiger partial charge in [-0.1, -0.05) is 0 Å². The maximum atomic E-state index is 14.6. The van der Waals surface area contributed by atoms with Gasteiger partial charge in [0.05, 0.1) is 43.7 Å². The van der Waals surface area contributed by atoms with E-state index in [9.17, 15) is 13.6 Å². The highest BCUT2D eigenvalue weighted by Crippen LogP contribution is 2.42. The van der Waals surface area contributed by atoms with Gasteiger partial charge in [0.2, 0.25) is 0 Å². The average Bonchev–Trinajstić information content (AvgIpc) is 2.93. The highest BCUT2D eigenvalue weighted by atomic mass is 19.1. The minimum Gasteiger partial charge on any atom is -0.515 e. The fraction of sp³-hybridized carbons (Fsp3) is 0.444. The second kappa shape index (κ2) is 6.93. The Morgan fingerprint density at radius 1 is 1.36 bits per heavy atom. The van der Waals surface area contributed by atoms with E-state index in [4.69, 9.17) is 20.0 Å². The molecule has 0 radical (unpaired) electrons. The Kier molecular flexibility index (Phi) is 4.58. The number of nitrogens with zero attached hydrogens (tertiary/aromatic N) is 2. The van der Waals surface area contributed by atoms with Gasteiger partial charge in [-0.15, -0.1) is 0 Å². The lowest BCUT2D eigenvalue weighted by atomic mass is 9.77. The van der Waals surface area contributed by atoms with Gasteiger partial charge in [0.1, 0.15) is 17.6 Å². The first-order valence-electron chi connectivity index (χ1n) is 8.84. The molecule has 1 atom stereocenters.